The van der Waals surface area contributed by atoms with Crippen LogP contribution in [-0.2, 0) is 0 Å². The van der Waals surface area contributed by atoms with Gasteiger partial charge in [-0.05, 0) is 38.5 Å². The Hall–Kier alpha value is -0.670. The van der Waals surface area contributed by atoms with Crippen LogP contribution in [0.5, 0.6) is 5.75 Å². The summed E-state index contributed by atoms with van der Waals surface area (Å²) in [4.78, 5) is 1.08. The van der Waals surface area contributed by atoms with Gasteiger partial charge in [-0.25, -0.2) is 0 Å². The highest BCUT2D eigenvalue weighted by Gasteiger charge is 2.20. The van der Waals surface area contributed by atoms with Crippen molar-refractivity contribution in [2.75, 3.05) is 13.7 Å². The maximum atomic E-state index is 9.23. The van der Waals surface area contributed by atoms with E-state index in [2.05, 4.69) is 13.0 Å². The molecule has 1 N–H and O–H groups in total. The van der Waals surface area contributed by atoms with E-state index < -0.39 is 0 Å². The fraction of sp³-hybridized carbons (Fsp3) is 0.500. The molecule has 1 rings (SSSR count). The van der Waals surface area contributed by atoms with Crippen LogP contribution in [0.25, 0.3) is 0 Å². The summed E-state index contributed by atoms with van der Waals surface area (Å²) >= 11 is 1.64. The van der Waals surface area contributed by atoms with Gasteiger partial charge in [0.25, 0.3) is 0 Å². The van der Waals surface area contributed by atoms with Crippen LogP contribution in [0.15, 0.2) is 23.1 Å². The van der Waals surface area contributed by atoms with Gasteiger partial charge in [0.05, 0.1) is 18.6 Å². The molecule has 0 saturated carbocycles. The summed E-state index contributed by atoms with van der Waals surface area (Å²) in [5, 5.41) is 9.23. The van der Waals surface area contributed by atoms with Crippen LogP contribution in [0, 0.1) is 6.92 Å². The molecular weight excluding hydrogens is 208 g/mol. The molecule has 1 aromatic carbocycles. The van der Waals surface area contributed by atoms with Crippen LogP contribution < -0.4 is 4.74 Å². The van der Waals surface area contributed by atoms with Crippen LogP contribution >= 0.6 is 11.8 Å². The topological polar surface area (TPSA) is 29.5 Å². The van der Waals surface area contributed by atoms with Crippen molar-refractivity contribution in [3.05, 3.63) is 23.8 Å². The molecule has 84 valence electrons. The normalized spacial score (nSPS) is 11.5. The number of hydrogen-bond donors (Lipinski definition) is 1. The summed E-state index contributed by atoms with van der Waals surface area (Å²) in [5.41, 5.74) is 1.20. The van der Waals surface area contributed by atoms with Crippen molar-refractivity contribution in [3.8, 4) is 5.75 Å². The lowest BCUT2D eigenvalue weighted by atomic mass is 10.2. The number of aryl methyl sites for hydroxylation is 1. The zero-order chi connectivity index (χ0) is 11.5. The molecule has 0 aromatic heterocycles. The van der Waals surface area contributed by atoms with Crippen molar-refractivity contribution in [3.63, 3.8) is 0 Å². The monoisotopic (exact) mass is 226 g/mol. The zero-order valence-corrected chi connectivity index (χ0v) is 10.5. The van der Waals surface area contributed by atoms with Gasteiger partial charge in [-0.2, -0.15) is 0 Å². The maximum absolute atomic E-state index is 9.23. The predicted molar refractivity (Wildman–Crippen MR) is 64.8 cm³/mol. The van der Waals surface area contributed by atoms with Gasteiger partial charge in [0, 0.05) is 4.75 Å². The number of ether oxygens (including phenoxy) is 1. The number of benzene rings is 1. The number of hydrogen-bond acceptors (Lipinski definition) is 3. The van der Waals surface area contributed by atoms with Crippen molar-refractivity contribution in [2.45, 2.75) is 30.4 Å². The Morgan fingerprint density at radius 2 is 2.07 bits per heavy atom. The van der Waals surface area contributed by atoms with E-state index in [9.17, 15) is 5.11 Å². The smallest absolute Gasteiger partial charge is 0.132 e. The molecule has 0 aliphatic carbocycles. The Morgan fingerprint density at radius 1 is 1.40 bits per heavy atom. The number of rotatable bonds is 4. The van der Waals surface area contributed by atoms with Crippen LogP contribution in [0.3, 0.4) is 0 Å². The molecule has 0 fully saturated rings. The van der Waals surface area contributed by atoms with E-state index >= 15 is 0 Å². The van der Waals surface area contributed by atoms with E-state index in [-0.39, 0.29) is 11.4 Å². The fourth-order valence-corrected chi connectivity index (χ4v) is 2.35. The van der Waals surface area contributed by atoms with Gasteiger partial charge in [0.15, 0.2) is 0 Å². The van der Waals surface area contributed by atoms with Crippen LogP contribution in [0.1, 0.15) is 19.4 Å². The molecule has 0 aliphatic rings. The van der Waals surface area contributed by atoms with E-state index in [0.717, 1.165) is 10.6 Å². The van der Waals surface area contributed by atoms with Crippen molar-refractivity contribution in [1.82, 2.24) is 0 Å². The van der Waals surface area contributed by atoms with E-state index in [1.54, 1.807) is 18.9 Å². The fourth-order valence-electron chi connectivity index (χ4n) is 1.19. The molecule has 0 aliphatic heterocycles. The van der Waals surface area contributed by atoms with Crippen LogP contribution in [-0.4, -0.2) is 23.6 Å². The molecule has 0 radical (unpaired) electrons. The van der Waals surface area contributed by atoms with Gasteiger partial charge >= 0.3 is 0 Å². The highest BCUT2D eigenvalue weighted by Crippen LogP contribution is 2.38. The number of thioether (sulfide) groups is 1. The number of aliphatic hydroxyl groups is 1. The van der Waals surface area contributed by atoms with E-state index in [1.165, 1.54) is 5.56 Å². The molecule has 0 spiro atoms. The zero-order valence-electron chi connectivity index (χ0n) is 9.70. The van der Waals surface area contributed by atoms with E-state index in [0.29, 0.717) is 0 Å². The Bertz CT molecular complexity index is 334. The standard InChI is InChI=1S/C12H18O2S/c1-9-5-6-10(14-4)11(7-9)15-12(2,3)8-13/h5-7,13H,8H2,1-4H3. The second kappa shape index (κ2) is 4.90. The molecule has 0 unspecified atom stereocenters. The largest absolute Gasteiger partial charge is 0.496 e. The lowest BCUT2D eigenvalue weighted by Gasteiger charge is -2.22. The molecule has 0 heterocycles. The molecule has 2 nitrogen and oxygen atoms in total. The third-order valence-corrected chi connectivity index (χ3v) is 3.31. The minimum Gasteiger partial charge on any atom is -0.496 e. The average Bonchev–Trinajstić information content (AvgIpc) is 2.18. The Labute approximate surface area is 95.7 Å². The first-order valence-corrected chi connectivity index (χ1v) is 5.74. The van der Waals surface area contributed by atoms with Crippen molar-refractivity contribution < 1.29 is 9.84 Å². The summed E-state index contributed by atoms with van der Waals surface area (Å²) in [6.07, 6.45) is 0. The predicted octanol–water partition coefficient (Wildman–Crippen LogP) is 2.87. The molecule has 3 heteroatoms. The van der Waals surface area contributed by atoms with Gasteiger partial charge in [-0.15, -0.1) is 11.8 Å². The van der Waals surface area contributed by atoms with Gasteiger partial charge in [-0.3, -0.25) is 0 Å². The Balaban J connectivity index is 2.97. The van der Waals surface area contributed by atoms with Crippen LogP contribution in [0.2, 0.25) is 0 Å². The summed E-state index contributed by atoms with van der Waals surface area (Å²) in [7, 11) is 1.67. The molecular formula is C12H18O2S. The Kier molecular flexibility index (Phi) is 4.05. The van der Waals surface area contributed by atoms with E-state index in [4.69, 9.17) is 4.74 Å². The quantitative estimate of drug-likeness (QED) is 0.801. The summed E-state index contributed by atoms with van der Waals surface area (Å²) in [5.74, 6) is 0.868. The van der Waals surface area contributed by atoms with Crippen molar-refractivity contribution >= 4 is 11.8 Å². The molecule has 0 atom stereocenters. The highest BCUT2D eigenvalue weighted by molar-refractivity contribution is 8.00. The van der Waals surface area contributed by atoms with Gasteiger partial charge in [-0.1, -0.05) is 6.07 Å². The molecule has 0 bridgehead atoms. The minimum absolute atomic E-state index is 0.148. The summed E-state index contributed by atoms with van der Waals surface area (Å²) < 4.78 is 5.11. The maximum Gasteiger partial charge on any atom is 0.132 e. The van der Waals surface area contributed by atoms with Crippen molar-refractivity contribution in [1.29, 1.82) is 0 Å². The van der Waals surface area contributed by atoms with Crippen molar-refractivity contribution in [2.24, 2.45) is 0 Å². The lowest BCUT2D eigenvalue weighted by molar-refractivity contribution is 0.265. The van der Waals surface area contributed by atoms with Gasteiger partial charge in [0.1, 0.15) is 5.75 Å². The summed E-state index contributed by atoms with van der Waals surface area (Å²) in [6, 6.07) is 6.07. The highest BCUT2D eigenvalue weighted by atomic mass is 32.2. The number of aliphatic hydroxyl groups excluding tert-OH is 1. The van der Waals surface area contributed by atoms with Crippen LogP contribution in [0.4, 0.5) is 0 Å². The van der Waals surface area contributed by atoms with Gasteiger partial charge in [0.2, 0.25) is 0 Å². The Morgan fingerprint density at radius 3 is 2.60 bits per heavy atom. The minimum atomic E-state index is -0.179. The first kappa shape index (κ1) is 12.4. The third kappa shape index (κ3) is 3.43. The summed E-state index contributed by atoms with van der Waals surface area (Å²) in [6.45, 7) is 6.23. The van der Waals surface area contributed by atoms with Gasteiger partial charge < -0.3 is 9.84 Å². The molecule has 15 heavy (non-hydrogen) atoms. The van der Waals surface area contributed by atoms with E-state index in [1.807, 2.05) is 26.0 Å². The first-order chi connectivity index (χ1) is 6.98. The first-order valence-electron chi connectivity index (χ1n) is 4.93. The second-order valence-corrected chi connectivity index (χ2v) is 5.92. The average molecular weight is 226 g/mol. The molecule has 1 aromatic rings. The second-order valence-electron chi connectivity index (χ2n) is 4.17. The molecule has 0 amide bonds. The SMILES string of the molecule is COc1ccc(C)cc1SC(C)(C)CO. The lowest BCUT2D eigenvalue weighted by Crippen LogP contribution is -2.19. The third-order valence-electron chi connectivity index (χ3n) is 2.09. The molecule has 0 saturated heterocycles. The number of methoxy groups -OCH3 is 1.